The van der Waals surface area contributed by atoms with E-state index >= 15 is 0 Å². The fraction of sp³-hybridized carbons (Fsp3) is 0.125. The molecular weight excluding hydrogens is 351 g/mol. The van der Waals surface area contributed by atoms with E-state index in [4.69, 9.17) is 10.00 Å². The van der Waals surface area contributed by atoms with Crippen LogP contribution in [0.5, 0.6) is 5.75 Å². The molecule has 0 amide bonds. The van der Waals surface area contributed by atoms with Crippen LogP contribution < -0.4 is 4.74 Å². The predicted octanol–water partition coefficient (Wildman–Crippen LogP) is 6.85. The lowest BCUT2D eigenvalue weighted by Crippen LogP contribution is -1.94. The minimum Gasteiger partial charge on any atom is -0.457 e. The maximum absolute atomic E-state index is 12.8. The molecule has 0 unspecified atom stereocenters. The Hall–Kier alpha value is -3.58. The van der Waals surface area contributed by atoms with Crippen molar-refractivity contribution in [2.24, 2.45) is 0 Å². The summed E-state index contributed by atoms with van der Waals surface area (Å²) in [6, 6.07) is 17.3. The monoisotopic (exact) mass is 374 g/mol. The molecule has 3 nitrogen and oxygen atoms in total. The normalized spacial score (nSPS) is 11.4. The Labute approximate surface area is 165 Å². The van der Waals surface area contributed by atoms with Gasteiger partial charge in [-0.05, 0) is 67.6 Å². The number of nitriles is 1. The Morgan fingerprint density at radius 1 is 1.11 bits per heavy atom. The van der Waals surface area contributed by atoms with E-state index in [1.165, 1.54) is 25.2 Å². The molecule has 0 aliphatic rings. The van der Waals surface area contributed by atoms with Crippen LogP contribution in [0.25, 0.3) is 16.6 Å². The van der Waals surface area contributed by atoms with Gasteiger partial charge in [0.2, 0.25) is 0 Å². The summed E-state index contributed by atoms with van der Waals surface area (Å²) in [5, 5.41) is 10.2. The first-order chi connectivity index (χ1) is 13.6. The van der Waals surface area contributed by atoms with Crippen LogP contribution in [0, 0.1) is 11.3 Å². The lowest BCUT2D eigenvalue weighted by Gasteiger charge is -2.09. The third-order valence-corrected chi connectivity index (χ3v) is 3.85. The SMILES string of the molecule is C=C/C(=C\C=C(/C)F)Oc1ccc(-n2ccc3ccc(C#N)cc32)cc1.CC. The van der Waals surface area contributed by atoms with Gasteiger partial charge in [0, 0.05) is 17.3 Å². The topological polar surface area (TPSA) is 38.0 Å². The zero-order chi connectivity index (χ0) is 20.5. The van der Waals surface area contributed by atoms with Crippen LogP contribution in [0.4, 0.5) is 4.39 Å². The number of halogens is 1. The molecule has 0 spiro atoms. The van der Waals surface area contributed by atoms with E-state index in [-0.39, 0.29) is 5.83 Å². The average Bonchev–Trinajstić information content (AvgIpc) is 3.16. The van der Waals surface area contributed by atoms with E-state index < -0.39 is 0 Å². The number of aromatic nitrogens is 1. The number of benzene rings is 2. The molecule has 0 atom stereocenters. The second-order valence-corrected chi connectivity index (χ2v) is 5.69. The van der Waals surface area contributed by atoms with Gasteiger partial charge in [-0.15, -0.1) is 0 Å². The molecular formula is C24H23FN2O. The second kappa shape index (κ2) is 9.94. The van der Waals surface area contributed by atoms with Crippen molar-refractivity contribution in [2.75, 3.05) is 0 Å². The summed E-state index contributed by atoms with van der Waals surface area (Å²) in [5.41, 5.74) is 2.54. The molecule has 0 saturated heterocycles. The van der Waals surface area contributed by atoms with Crippen molar-refractivity contribution in [3.05, 3.63) is 96.7 Å². The summed E-state index contributed by atoms with van der Waals surface area (Å²) in [5.74, 6) is 0.776. The van der Waals surface area contributed by atoms with E-state index in [0.717, 1.165) is 16.6 Å². The van der Waals surface area contributed by atoms with Gasteiger partial charge in [-0.1, -0.05) is 26.5 Å². The summed E-state index contributed by atoms with van der Waals surface area (Å²) < 4.78 is 20.5. The highest BCUT2D eigenvalue weighted by molar-refractivity contribution is 5.83. The Bertz CT molecular complexity index is 1050. The largest absolute Gasteiger partial charge is 0.457 e. The van der Waals surface area contributed by atoms with Gasteiger partial charge in [-0.25, -0.2) is 4.39 Å². The molecule has 28 heavy (non-hydrogen) atoms. The standard InChI is InChI=1S/C22H17FN2O.C2H6/c1-3-20(9-4-16(2)23)26-21-10-7-19(8-11-21)25-13-12-18-6-5-17(15-24)14-22(18)25;1-2/h3-14H,1H2,2H3;1-2H3/b16-4+,20-9+;. The first kappa shape index (κ1) is 20.7. The third-order valence-electron chi connectivity index (χ3n) is 3.85. The van der Waals surface area contributed by atoms with E-state index in [2.05, 4.69) is 12.6 Å². The molecule has 0 bridgehead atoms. The molecule has 0 aliphatic heterocycles. The van der Waals surface area contributed by atoms with Crippen molar-refractivity contribution in [3.8, 4) is 17.5 Å². The Kier molecular flexibility index (Phi) is 7.36. The maximum Gasteiger partial charge on any atom is 0.127 e. The van der Waals surface area contributed by atoms with Gasteiger partial charge < -0.3 is 9.30 Å². The number of hydrogen-bond acceptors (Lipinski definition) is 2. The lowest BCUT2D eigenvalue weighted by molar-refractivity contribution is 0.444. The number of ether oxygens (including phenoxy) is 1. The van der Waals surface area contributed by atoms with Crippen LogP contribution in [0.15, 0.2) is 91.1 Å². The van der Waals surface area contributed by atoms with Gasteiger partial charge in [0.15, 0.2) is 0 Å². The van der Waals surface area contributed by atoms with E-state index in [9.17, 15) is 4.39 Å². The number of hydrogen-bond donors (Lipinski definition) is 0. The zero-order valence-electron chi connectivity index (χ0n) is 16.3. The number of fused-ring (bicyclic) bond motifs is 1. The highest BCUT2D eigenvalue weighted by Crippen LogP contribution is 2.24. The van der Waals surface area contributed by atoms with Crippen molar-refractivity contribution >= 4 is 10.9 Å². The fourth-order valence-electron chi connectivity index (χ4n) is 2.57. The van der Waals surface area contributed by atoms with Crippen molar-refractivity contribution in [1.29, 1.82) is 5.26 Å². The molecule has 1 aromatic heterocycles. The summed E-state index contributed by atoms with van der Waals surface area (Å²) in [7, 11) is 0. The molecule has 2 aromatic carbocycles. The zero-order valence-corrected chi connectivity index (χ0v) is 16.3. The highest BCUT2D eigenvalue weighted by Gasteiger charge is 2.05. The minimum atomic E-state index is -0.306. The predicted molar refractivity (Wildman–Crippen MR) is 113 cm³/mol. The van der Waals surface area contributed by atoms with Gasteiger partial charge in [0.25, 0.3) is 0 Å². The van der Waals surface area contributed by atoms with Crippen molar-refractivity contribution in [3.63, 3.8) is 0 Å². The van der Waals surface area contributed by atoms with Crippen LogP contribution in [0.2, 0.25) is 0 Å². The van der Waals surface area contributed by atoms with Crippen molar-refractivity contribution < 1.29 is 9.13 Å². The van der Waals surface area contributed by atoms with Crippen LogP contribution in [0.3, 0.4) is 0 Å². The minimum absolute atomic E-state index is 0.306. The maximum atomic E-state index is 12.8. The Morgan fingerprint density at radius 2 is 1.82 bits per heavy atom. The first-order valence-corrected chi connectivity index (χ1v) is 9.07. The van der Waals surface area contributed by atoms with E-state index in [1.807, 2.05) is 67.1 Å². The molecule has 4 heteroatoms. The van der Waals surface area contributed by atoms with Crippen LogP contribution in [-0.2, 0) is 0 Å². The summed E-state index contributed by atoms with van der Waals surface area (Å²) in [4.78, 5) is 0. The second-order valence-electron chi connectivity index (χ2n) is 5.69. The highest BCUT2D eigenvalue weighted by atomic mass is 19.1. The van der Waals surface area contributed by atoms with Gasteiger partial charge in [-0.3, -0.25) is 0 Å². The number of rotatable bonds is 5. The molecule has 3 aromatic rings. The molecule has 0 aliphatic carbocycles. The lowest BCUT2D eigenvalue weighted by atomic mass is 10.2. The molecule has 0 fully saturated rings. The van der Waals surface area contributed by atoms with Crippen LogP contribution in [0.1, 0.15) is 26.3 Å². The van der Waals surface area contributed by atoms with Gasteiger partial charge in [-0.2, -0.15) is 5.26 Å². The van der Waals surface area contributed by atoms with Crippen LogP contribution in [-0.4, -0.2) is 4.57 Å². The summed E-state index contributed by atoms with van der Waals surface area (Å²) in [6.45, 7) is 9.03. The van der Waals surface area contributed by atoms with Gasteiger partial charge in [0.1, 0.15) is 11.5 Å². The molecule has 0 N–H and O–H groups in total. The van der Waals surface area contributed by atoms with E-state index in [1.54, 1.807) is 6.07 Å². The number of allylic oxidation sites excluding steroid dienone is 4. The van der Waals surface area contributed by atoms with Crippen molar-refractivity contribution in [1.82, 2.24) is 4.57 Å². The van der Waals surface area contributed by atoms with Crippen LogP contribution >= 0.6 is 0 Å². The summed E-state index contributed by atoms with van der Waals surface area (Å²) >= 11 is 0. The van der Waals surface area contributed by atoms with E-state index in [0.29, 0.717) is 17.1 Å². The summed E-state index contributed by atoms with van der Waals surface area (Å²) in [6.07, 6.45) is 6.34. The molecule has 0 radical (unpaired) electrons. The average molecular weight is 374 g/mol. The Morgan fingerprint density at radius 3 is 2.43 bits per heavy atom. The quantitative estimate of drug-likeness (QED) is 0.362. The molecule has 3 rings (SSSR count). The van der Waals surface area contributed by atoms with Gasteiger partial charge in [0.05, 0.1) is 23.0 Å². The molecule has 142 valence electrons. The molecule has 0 saturated carbocycles. The Balaban J connectivity index is 0.00000136. The van der Waals surface area contributed by atoms with Crippen molar-refractivity contribution in [2.45, 2.75) is 20.8 Å². The third kappa shape index (κ3) is 4.99. The van der Waals surface area contributed by atoms with Gasteiger partial charge >= 0.3 is 0 Å². The smallest absolute Gasteiger partial charge is 0.127 e. The fourth-order valence-corrected chi connectivity index (χ4v) is 2.57. The number of nitrogens with zero attached hydrogens (tertiary/aromatic N) is 2. The molecule has 1 heterocycles. The first-order valence-electron chi connectivity index (χ1n) is 9.07.